The Morgan fingerprint density at radius 1 is 1.45 bits per heavy atom. The molecule has 1 saturated heterocycles. The third kappa shape index (κ3) is 2.58. The van der Waals surface area contributed by atoms with Crippen LogP contribution in [0.1, 0.15) is 43.7 Å². The first-order chi connectivity index (χ1) is 9.78. The molecule has 2 atom stereocenters. The molecule has 1 fully saturated rings. The molecule has 0 aliphatic carbocycles. The van der Waals surface area contributed by atoms with Crippen LogP contribution in [0.4, 0.5) is 0 Å². The second-order valence-corrected chi connectivity index (χ2v) is 5.43. The Morgan fingerprint density at radius 3 is 3.15 bits per heavy atom. The van der Waals surface area contributed by atoms with Crippen LogP contribution >= 0.6 is 0 Å². The Kier molecular flexibility index (Phi) is 3.78. The molecule has 0 saturated carbocycles. The number of hydrogen-bond donors (Lipinski definition) is 1. The molecule has 2 aromatic heterocycles. The summed E-state index contributed by atoms with van der Waals surface area (Å²) in [5, 5.41) is 7.55. The lowest BCUT2D eigenvalue weighted by molar-refractivity contribution is 0.246. The molecule has 2 aromatic rings. The second kappa shape index (κ2) is 5.71. The topological polar surface area (TPSA) is 63.8 Å². The van der Waals surface area contributed by atoms with Gasteiger partial charge < -0.3 is 9.84 Å². The molecule has 5 heteroatoms. The summed E-state index contributed by atoms with van der Waals surface area (Å²) in [7, 11) is 0. The van der Waals surface area contributed by atoms with E-state index in [-0.39, 0.29) is 6.04 Å². The van der Waals surface area contributed by atoms with E-state index < -0.39 is 0 Å². The molecular formula is C15H20N4O. The number of nitrogens with zero attached hydrogens (tertiary/aromatic N) is 3. The molecule has 3 heterocycles. The zero-order valence-corrected chi connectivity index (χ0v) is 12.0. The number of aromatic nitrogens is 3. The van der Waals surface area contributed by atoms with E-state index >= 15 is 0 Å². The molecule has 1 aliphatic heterocycles. The van der Waals surface area contributed by atoms with Gasteiger partial charge >= 0.3 is 0 Å². The summed E-state index contributed by atoms with van der Waals surface area (Å²) in [6.07, 6.45) is 5.26. The van der Waals surface area contributed by atoms with E-state index in [0.717, 1.165) is 30.1 Å². The highest BCUT2D eigenvalue weighted by Gasteiger charge is 2.26. The minimum Gasteiger partial charge on any atom is -0.337 e. The van der Waals surface area contributed by atoms with Crippen molar-refractivity contribution in [3.05, 3.63) is 29.8 Å². The van der Waals surface area contributed by atoms with E-state index in [0.29, 0.717) is 11.7 Å². The predicted octanol–water partition coefficient (Wildman–Crippen LogP) is 2.89. The van der Waals surface area contributed by atoms with Gasteiger partial charge in [-0.2, -0.15) is 4.98 Å². The highest BCUT2D eigenvalue weighted by atomic mass is 16.5. The molecule has 106 valence electrons. The molecule has 0 radical (unpaired) electrons. The quantitative estimate of drug-likeness (QED) is 0.930. The van der Waals surface area contributed by atoms with Gasteiger partial charge in [-0.05, 0) is 43.9 Å². The average molecular weight is 272 g/mol. The van der Waals surface area contributed by atoms with E-state index in [1.165, 1.54) is 12.8 Å². The van der Waals surface area contributed by atoms with E-state index in [1.54, 1.807) is 6.20 Å². The first-order valence-electron chi connectivity index (χ1n) is 7.27. The first-order valence-corrected chi connectivity index (χ1v) is 7.27. The fraction of sp³-hybridized carbons (Fsp3) is 0.533. The maximum absolute atomic E-state index is 5.44. The van der Waals surface area contributed by atoms with E-state index in [4.69, 9.17) is 4.52 Å². The number of hydrogen-bond acceptors (Lipinski definition) is 5. The molecular weight excluding hydrogens is 252 g/mol. The highest BCUT2D eigenvalue weighted by molar-refractivity contribution is 5.53. The van der Waals surface area contributed by atoms with Crippen LogP contribution in [-0.4, -0.2) is 21.7 Å². The maximum Gasteiger partial charge on any atom is 0.244 e. The van der Waals surface area contributed by atoms with Gasteiger partial charge in [-0.15, -0.1) is 0 Å². The minimum absolute atomic E-state index is 0.180. The molecule has 3 rings (SSSR count). The van der Waals surface area contributed by atoms with Gasteiger partial charge in [0, 0.05) is 6.20 Å². The van der Waals surface area contributed by atoms with Crippen LogP contribution in [0.15, 0.2) is 22.9 Å². The molecule has 20 heavy (non-hydrogen) atoms. The van der Waals surface area contributed by atoms with Crippen molar-refractivity contribution in [3.63, 3.8) is 0 Å². The van der Waals surface area contributed by atoms with Crippen LogP contribution in [0, 0.1) is 12.8 Å². The third-order valence-electron chi connectivity index (χ3n) is 4.05. The Labute approximate surface area is 118 Å². The van der Waals surface area contributed by atoms with Crippen LogP contribution in [0.3, 0.4) is 0 Å². The molecule has 0 spiro atoms. The van der Waals surface area contributed by atoms with Crippen molar-refractivity contribution in [2.24, 2.45) is 5.92 Å². The summed E-state index contributed by atoms with van der Waals surface area (Å²) >= 11 is 0. The monoisotopic (exact) mass is 272 g/mol. The number of piperidine rings is 1. The van der Waals surface area contributed by atoms with Crippen molar-refractivity contribution < 1.29 is 4.52 Å². The third-order valence-corrected chi connectivity index (χ3v) is 4.05. The van der Waals surface area contributed by atoms with Crippen LogP contribution in [0.25, 0.3) is 11.5 Å². The minimum atomic E-state index is 0.180. The largest absolute Gasteiger partial charge is 0.337 e. The number of pyridine rings is 1. The summed E-state index contributed by atoms with van der Waals surface area (Å²) in [4.78, 5) is 8.86. The fourth-order valence-electron chi connectivity index (χ4n) is 2.75. The van der Waals surface area contributed by atoms with Crippen molar-refractivity contribution in [1.82, 2.24) is 20.4 Å². The summed E-state index contributed by atoms with van der Waals surface area (Å²) in [5.74, 6) is 2.01. The standard InChI is InChI=1S/C15H20N4O/c1-3-11-6-8-16-12(9-11)15-18-14(19-20-15)13-10(2)5-4-7-17-13/h4-5,7,11-12,16H,3,6,8-9H2,1-2H3. The summed E-state index contributed by atoms with van der Waals surface area (Å²) < 4.78 is 5.44. The number of aryl methyl sites for hydroxylation is 1. The molecule has 2 unspecified atom stereocenters. The molecule has 1 N–H and O–H groups in total. The Bertz CT molecular complexity index is 581. The van der Waals surface area contributed by atoms with Gasteiger partial charge in [0.05, 0.1) is 6.04 Å². The summed E-state index contributed by atoms with van der Waals surface area (Å²) in [6.45, 7) is 5.26. The molecule has 0 aromatic carbocycles. The zero-order chi connectivity index (χ0) is 13.9. The Hall–Kier alpha value is -1.75. The van der Waals surface area contributed by atoms with Crippen LogP contribution in [0.2, 0.25) is 0 Å². The first kappa shape index (κ1) is 13.2. The van der Waals surface area contributed by atoms with Crippen molar-refractivity contribution in [3.8, 4) is 11.5 Å². The normalized spacial score (nSPS) is 22.9. The van der Waals surface area contributed by atoms with Crippen molar-refractivity contribution >= 4 is 0 Å². The maximum atomic E-state index is 5.44. The smallest absolute Gasteiger partial charge is 0.244 e. The SMILES string of the molecule is CCC1CCNC(c2nc(-c3ncccc3C)no2)C1. The van der Waals surface area contributed by atoms with Crippen molar-refractivity contribution in [2.45, 2.75) is 39.2 Å². The van der Waals surface area contributed by atoms with Gasteiger partial charge in [0.15, 0.2) is 0 Å². The number of nitrogens with one attached hydrogen (secondary N) is 1. The summed E-state index contributed by atoms with van der Waals surface area (Å²) in [6, 6.07) is 4.09. The van der Waals surface area contributed by atoms with Gasteiger partial charge in [0.1, 0.15) is 5.69 Å². The van der Waals surface area contributed by atoms with Crippen LogP contribution < -0.4 is 5.32 Å². The predicted molar refractivity (Wildman–Crippen MR) is 76.0 cm³/mol. The van der Waals surface area contributed by atoms with Gasteiger partial charge in [0.25, 0.3) is 0 Å². The van der Waals surface area contributed by atoms with Gasteiger partial charge in [0.2, 0.25) is 11.7 Å². The second-order valence-electron chi connectivity index (χ2n) is 5.43. The molecule has 1 aliphatic rings. The lowest BCUT2D eigenvalue weighted by atomic mass is 9.90. The van der Waals surface area contributed by atoms with Gasteiger partial charge in [-0.25, -0.2) is 0 Å². The zero-order valence-electron chi connectivity index (χ0n) is 12.0. The molecule has 0 bridgehead atoms. The van der Waals surface area contributed by atoms with Crippen LogP contribution in [-0.2, 0) is 0 Å². The Balaban J connectivity index is 1.82. The lowest BCUT2D eigenvalue weighted by Gasteiger charge is -2.27. The van der Waals surface area contributed by atoms with Crippen molar-refractivity contribution in [2.75, 3.05) is 6.54 Å². The van der Waals surface area contributed by atoms with E-state index in [1.807, 2.05) is 19.1 Å². The Morgan fingerprint density at radius 2 is 2.35 bits per heavy atom. The molecule has 5 nitrogen and oxygen atoms in total. The summed E-state index contributed by atoms with van der Waals surface area (Å²) in [5.41, 5.74) is 1.85. The van der Waals surface area contributed by atoms with Gasteiger partial charge in [-0.3, -0.25) is 4.98 Å². The average Bonchev–Trinajstić information content (AvgIpc) is 2.97. The van der Waals surface area contributed by atoms with E-state index in [2.05, 4.69) is 27.4 Å². The highest BCUT2D eigenvalue weighted by Crippen LogP contribution is 2.29. The van der Waals surface area contributed by atoms with Gasteiger partial charge in [-0.1, -0.05) is 24.6 Å². The lowest BCUT2D eigenvalue weighted by Crippen LogP contribution is -2.31. The molecule has 0 amide bonds. The van der Waals surface area contributed by atoms with Crippen molar-refractivity contribution in [1.29, 1.82) is 0 Å². The van der Waals surface area contributed by atoms with E-state index in [9.17, 15) is 0 Å². The number of rotatable bonds is 3. The fourth-order valence-corrected chi connectivity index (χ4v) is 2.75. The van der Waals surface area contributed by atoms with Crippen LogP contribution in [0.5, 0.6) is 0 Å².